The van der Waals surface area contributed by atoms with Crippen molar-refractivity contribution in [1.82, 2.24) is 4.98 Å². The van der Waals surface area contributed by atoms with E-state index in [-0.39, 0.29) is 5.78 Å². The fraction of sp³-hybridized carbons (Fsp3) is 0.400. The third kappa shape index (κ3) is 2.69. The highest BCUT2D eigenvalue weighted by Crippen LogP contribution is 2.23. The minimum atomic E-state index is 0.225. The second-order valence-corrected chi connectivity index (χ2v) is 6.30. The molecule has 5 heteroatoms. The maximum Gasteiger partial charge on any atom is 0.219 e. The lowest BCUT2D eigenvalue weighted by Gasteiger charge is -2.22. The molecule has 1 fully saturated rings. The van der Waals surface area contributed by atoms with Crippen molar-refractivity contribution in [3.05, 3.63) is 30.0 Å². The summed E-state index contributed by atoms with van der Waals surface area (Å²) in [5.74, 6) is 3.35. The number of Topliss-reactive ketones (excluding diaryl/α,β-unsaturated/α-hetero) is 1. The number of rotatable bonds is 4. The highest BCUT2D eigenvalue weighted by Gasteiger charge is 2.20. The number of carbonyl (C=O) groups is 1. The standard InChI is InChI=1S/C15H18N2O2S/c1-19-11-2-3-12-13(9-16-14(12)8-11)15(18)10-17-4-6-20-7-5-17/h2-3,8-9,16H,4-7,10H2,1H3/p+1. The Balaban J connectivity index is 1.80. The lowest BCUT2D eigenvalue weighted by Crippen LogP contribution is -3.14. The molecule has 0 spiro atoms. The van der Waals surface area contributed by atoms with Crippen molar-refractivity contribution in [3.8, 4) is 5.75 Å². The second kappa shape index (κ2) is 5.89. The van der Waals surface area contributed by atoms with E-state index in [9.17, 15) is 4.79 Å². The summed E-state index contributed by atoms with van der Waals surface area (Å²) >= 11 is 1.98. The molecule has 1 aliphatic heterocycles. The van der Waals surface area contributed by atoms with Crippen LogP contribution in [0.1, 0.15) is 10.4 Å². The highest BCUT2D eigenvalue weighted by molar-refractivity contribution is 7.99. The van der Waals surface area contributed by atoms with Gasteiger partial charge < -0.3 is 14.6 Å². The molecule has 106 valence electrons. The van der Waals surface area contributed by atoms with E-state index in [1.165, 1.54) is 4.90 Å². The monoisotopic (exact) mass is 291 g/mol. The molecule has 0 atom stereocenters. The van der Waals surface area contributed by atoms with E-state index >= 15 is 0 Å². The summed E-state index contributed by atoms with van der Waals surface area (Å²) in [6.07, 6.45) is 1.82. The molecule has 0 amide bonds. The van der Waals surface area contributed by atoms with Crippen LogP contribution < -0.4 is 9.64 Å². The molecular formula is C15H19N2O2S+. The predicted molar refractivity (Wildman–Crippen MR) is 82.1 cm³/mol. The number of aromatic nitrogens is 1. The van der Waals surface area contributed by atoms with E-state index < -0.39 is 0 Å². The first-order valence-electron chi connectivity index (χ1n) is 6.87. The van der Waals surface area contributed by atoms with E-state index in [1.54, 1.807) is 7.11 Å². The minimum Gasteiger partial charge on any atom is -0.497 e. The highest BCUT2D eigenvalue weighted by atomic mass is 32.2. The van der Waals surface area contributed by atoms with Crippen LogP contribution in [-0.2, 0) is 0 Å². The number of quaternary nitrogens is 1. The van der Waals surface area contributed by atoms with Crippen LogP contribution in [-0.4, -0.2) is 49.0 Å². The smallest absolute Gasteiger partial charge is 0.219 e. The average molecular weight is 291 g/mol. The van der Waals surface area contributed by atoms with Gasteiger partial charge in [0.25, 0.3) is 0 Å². The lowest BCUT2D eigenvalue weighted by molar-refractivity contribution is -0.887. The summed E-state index contributed by atoms with van der Waals surface area (Å²) in [4.78, 5) is 17.0. The number of aromatic amines is 1. The Labute approximate surface area is 122 Å². The Morgan fingerprint density at radius 1 is 1.40 bits per heavy atom. The Morgan fingerprint density at radius 2 is 2.20 bits per heavy atom. The number of hydrogen-bond acceptors (Lipinski definition) is 3. The summed E-state index contributed by atoms with van der Waals surface area (Å²) in [6, 6.07) is 5.78. The summed E-state index contributed by atoms with van der Waals surface area (Å²) < 4.78 is 5.20. The Bertz CT molecular complexity index is 617. The number of hydrogen-bond donors (Lipinski definition) is 2. The molecule has 0 radical (unpaired) electrons. The molecule has 0 saturated carbocycles. The van der Waals surface area contributed by atoms with Gasteiger partial charge in [-0.25, -0.2) is 0 Å². The number of H-pyrrole nitrogens is 1. The number of ether oxygens (including phenoxy) is 1. The fourth-order valence-electron chi connectivity index (χ4n) is 2.62. The number of benzene rings is 1. The lowest BCUT2D eigenvalue weighted by atomic mass is 10.1. The number of fused-ring (bicyclic) bond motifs is 1. The van der Waals surface area contributed by atoms with Crippen molar-refractivity contribution in [2.24, 2.45) is 0 Å². The van der Waals surface area contributed by atoms with Crippen molar-refractivity contribution >= 4 is 28.4 Å². The van der Waals surface area contributed by atoms with Crippen LogP contribution in [0, 0.1) is 0 Å². The van der Waals surface area contributed by atoms with Gasteiger partial charge in [0.15, 0.2) is 0 Å². The number of nitrogens with one attached hydrogen (secondary N) is 2. The van der Waals surface area contributed by atoms with Crippen LogP contribution >= 0.6 is 11.8 Å². The van der Waals surface area contributed by atoms with Crippen molar-refractivity contribution in [2.75, 3.05) is 38.2 Å². The Kier molecular flexibility index (Phi) is 3.98. The Hall–Kier alpha value is -1.46. The number of methoxy groups -OCH3 is 1. The predicted octanol–water partition coefficient (Wildman–Crippen LogP) is 0.991. The molecule has 1 saturated heterocycles. The van der Waals surface area contributed by atoms with Gasteiger partial charge in [0.1, 0.15) is 12.3 Å². The van der Waals surface area contributed by atoms with Gasteiger partial charge in [0.2, 0.25) is 5.78 Å². The molecule has 0 aliphatic carbocycles. The SMILES string of the molecule is COc1ccc2c(C(=O)C[NH+]3CCSCC3)c[nH]c2c1. The molecule has 1 aliphatic rings. The van der Waals surface area contributed by atoms with Gasteiger partial charge in [0, 0.05) is 40.2 Å². The minimum absolute atomic E-state index is 0.225. The van der Waals surface area contributed by atoms with Gasteiger partial charge in [-0.15, -0.1) is 0 Å². The molecule has 2 heterocycles. The van der Waals surface area contributed by atoms with Crippen molar-refractivity contribution in [1.29, 1.82) is 0 Å². The average Bonchev–Trinajstić information content (AvgIpc) is 2.91. The van der Waals surface area contributed by atoms with E-state index in [2.05, 4.69) is 4.98 Å². The van der Waals surface area contributed by atoms with Gasteiger partial charge in [-0.1, -0.05) is 0 Å². The van der Waals surface area contributed by atoms with E-state index in [0.717, 1.165) is 46.8 Å². The quantitative estimate of drug-likeness (QED) is 0.826. The van der Waals surface area contributed by atoms with Gasteiger partial charge in [-0.05, 0) is 12.1 Å². The summed E-state index contributed by atoms with van der Waals surface area (Å²) in [7, 11) is 1.65. The van der Waals surface area contributed by atoms with Crippen LogP contribution in [0.2, 0.25) is 0 Å². The summed E-state index contributed by atoms with van der Waals surface area (Å²) in [6.45, 7) is 2.78. The zero-order valence-electron chi connectivity index (χ0n) is 11.6. The van der Waals surface area contributed by atoms with Crippen molar-refractivity contribution in [3.63, 3.8) is 0 Å². The molecule has 20 heavy (non-hydrogen) atoms. The maximum absolute atomic E-state index is 12.5. The van der Waals surface area contributed by atoms with Crippen LogP contribution in [0.3, 0.4) is 0 Å². The maximum atomic E-state index is 12.5. The van der Waals surface area contributed by atoms with E-state index in [1.807, 2.05) is 36.2 Å². The third-order valence-corrected chi connectivity index (χ3v) is 4.79. The molecule has 1 aromatic carbocycles. The van der Waals surface area contributed by atoms with Crippen molar-refractivity contribution < 1.29 is 14.4 Å². The Morgan fingerprint density at radius 3 is 2.95 bits per heavy atom. The molecule has 2 N–H and O–H groups in total. The zero-order chi connectivity index (χ0) is 13.9. The molecule has 4 nitrogen and oxygen atoms in total. The molecule has 1 aromatic heterocycles. The van der Waals surface area contributed by atoms with E-state index in [4.69, 9.17) is 4.74 Å². The molecule has 3 rings (SSSR count). The first-order valence-corrected chi connectivity index (χ1v) is 8.03. The van der Waals surface area contributed by atoms with Gasteiger partial charge >= 0.3 is 0 Å². The molecular weight excluding hydrogens is 272 g/mol. The first kappa shape index (κ1) is 13.5. The number of thioether (sulfide) groups is 1. The van der Waals surface area contributed by atoms with Crippen LogP contribution in [0.4, 0.5) is 0 Å². The van der Waals surface area contributed by atoms with Gasteiger partial charge in [-0.2, -0.15) is 11.8 Å². The normalized spacial score (nSPS) is 16.4. The van der Waals surface area contributed by atoms with E-state index in [0.29, 0.717) is 6.54 Å². The third-order valence-electron chi connectivity index (χ3n) is 3.80. The number of ketones is 1. The van der Waals surface area contributed by atoms with Crippen molar-refractivity contribution in [2.45, 2.75) is 0 Å². The molecule has 2 aromatic rings. The van der Waals surface area contributed by atoms with Crippen LogP contribution in [0.15, 0.2) is 24.4 Å². The summed E-state index contributed by atoms with van der Waals surface area (Å²) in [5, 5.41) is 0.988. The fourth-order valence-corrected chi connectivity index (χ4v) is 3.69. The van der Waals surface area contributed by atoms with Gasteiger partial charge in [-0.3, -0.25) is 4.79 Å². The first-order chi connectivity index (χ1) is 9.78. The second-order valence-electron chi connectivity index (χ2n) is 5.08. The molecule has 0 bridgehead atoms. The van der Waals surface area contributed by atoms with Crippen LogP contribution in [0.5, 0.6) is 5.75 Å². The van der Waals surface area contributed by atoms with Crippen LogP contribution in [0.25, 0.3) is 10.9 Å². The number of carbonyl (C=O) groups excluding carboxylic acids is 1. The summed E-state index contributed by atoms with van der Waals surface area (Å²) in [5.41, 5.74) is 1.75. The largest absolute Gasteiger partial charge is 0.497 e. The topological polar surface area (TPSA) is 46.5 Å². The van der Waals surface area contributed by atoms with Gasteiger partial charge in [0.05, 0.1) is 20.2 Å². The zero-order valence-corrected chi connectivity index (χ0v) is 12.4. The molecule has 0 unspecified atom stereocenters.